The van der Waals surface area contributed by atoms with Gasteiger partial charge in [-0.15, -0.1) is 0 Å². The van der Waals surface area contributed by atoms with E-state index in [1.807, 2.05) is 48.0 Å². The van der Waals surface area contributed by atoms with Gasteiger partial charge in [0.2, 0.25) is 5.43 Å². The lowest BCUT2D eigenvalue weighted by Gasteiger charge is -2.11. The fourth-order valence-corrected chi connectivity index (χ4v) is 2.33. The van der Waals surface area contributed by atoms with Crippen molar-refractivity contribution in [1.29, 1.82) is 0 Å². The first-order chi connectivity index (χ1) is 9.25. The fourth-order valence-electron chi connectivity index (χ4n) is 2.33. The Bertz CT molecular complexity index is 776. The van der Waals surface area contributed by atoms with E-state index in [4.69, 9.17) is 0 Å². The van der Waals surface area contributed by atoms with E-state index < -0.39 is 0 Å². The van der Waals surface area contributed by atoms with Crippen molar-refractivity contribution in [2.75, 3.05) is 0 Å². The van der Waals surface area contributed by atoms with E-state index in [0.717, 1.165) is 16.5 Å². The summed E-state index contributed by atoms with van der Waals surface area (Å²) in [7, 11) is 0. The van der Waals surface area contributed by atoms with Gasteiger partial charge in [0.05, 0.1) is 18.3 Å². The summed E-state index contributed by atoms with van der Waals surface area (Å²) < 4.78 is 1.89. The number of hydrogen-bond donors (Lipinski definition) is 0. The third kappa shape index (κ3) is 2.15. The lowest BCUT2D eigenvalue weighted by Crippen LogP contribution is -2.13. The van der Waals surface area contributed by atoms with E-state index in [2.05, 4.69) is 17.2 Å². The van der Waals surface area contributed by atoms with Gasteiger partial charge in [0.15, 0.2) is 0 Å². The van der Waals surface area contributed by atoms with Crippen molar-refractivity contribution < 1.29 is 0 Å². The lowest BCUT2D eigenvalue weighted by molar-refractivity contribution is 0.693. The summed E-state index contributed by atoms with van der Waals surface area (Å²) in [5.74, 6) is 0. The monoisotopic (exact) mass is 250 g/mol. The predicted octanol–water partition coefficient (Wildman–Crippen LogP) is 2.75. The maximum Gasteiger partial charge on any atom is 0.207 e. The molecule has 0 unspecified atom stereocenters. The van der Waals surface area contributed by atoms with Crippen molar-refractivity contribution in [2.45, 2.75) is 13.5 Å². The largest absolute Gasteiger partial charge is 0.287 e. The van der Waals surface area contributed by atoms with Gasteiger partial charge in [0, 0.05) is 5.39 Å². The van der Waals surface area contributed by atoms with Crippen LogP contribution in [0.25, 0.3) is 10.9 Å². The molecule has 0 atom stereocenters. The normalized spacial score (nSPS) is 10.8. The van der Waals surface area contributed by atoms with Crippen molar-refractivity contribution in [1.82, 2.24) is 9.78 Å². The Morgan fingerprint density at radius 3 is 2.63 bits per heavy atom. The molecule has 0 N–H and O–H groups in total. The second-order valence-corrected chi connectivity index (χ2v) is 4.62. The van der Waals surface area contributed by atoms with Crippen molar-refractivity contribution in [2.24, 2.45) is 0 Å². The Balaban J connectivity index is 2.20. The molecule has 0 fully saturated rings. The van der Waals surface area contributed by atoms with Gasteiger partial charge in [-0.3, -0.25) is 9.48 Å². The summed E-state index contributed by atoms with van der Waals surface area (Å²) in [6.45, 7) is 2.67. The standard InChI is InChI=1S/C16H14N2O/c1-12-6-5-9-14-15(19)10-17-18(16(12)14)11-13-7-3-2-4-8-13/h2-10H,11H2,1H3. The molecule has 19 heavy (non-hydrogen) atoms. The SMILES string of the molecule is Cc1cccc2c(=O)cnn(Cc3ccccc3)c12. The van der Waals surface area contributed by atoms with Crippen LogP contribution >= 0.6 is 0 Å². The Labute approximate surface area is 111 Å². The van der Waals surface area contributed by atoms with Crippen LogP contribution in [0.5, 0.6) is 0 Å². The maximum absolute atomic E-state index is 11.9. The molecule has 3 aromatic rings. The summed E-state index contributed by atoms with van der Waals surface area (Å²) >= 11 is 0. The van der Waals surface area contributed by atoms with Gasteiger partial charge in [-0.1, -0.05) is 42.5 Å². The molecule has 1 heterocycles. The van der Waals surface area contributed by atoms with Gasteiger partial charge in [-0.2, -0.15) is 5.10 Å². The highest BCUT2D eigenvalue weighted by atomic mass is 16.1. The fraction of sp³-hybridized carbons (Fsp3) is 0.125. The minimum atomic E-state index is -0.0250. The molecule has 3 heteroatoms. The van der Waals surface area contributed by atoms with Crippen molar-refractivity contribution in [3.8, 4) is 0 Å². The second kappa shape index (κ2) is 4.69. The van der Waals surface area contributed by atoms with Crippen molar-refractivity contribution >= 4 is 10.9 Å². The van der Waals surface area contributed by atoms with E-state index >= 15 is 0 Å². The van der Waals surface area contributed by atoms with Gasteiger partial charge in [0.25, 0.3) is 0 Å². The number of rotatable bonds is 2. The highest BCUT2D eigenvalue weighted by molar-refractivity contribution is 5.81. The zero-order valence-electron chi connectivity index (χ0n) is 10.7. The number of benzene rings is 2. The first-order valence-electron chi connectivity index (χ1n) is 6.25. The van der Waals surface area contributed by atoms with E-state index in [1.54, 1.807) is 0 Å². The molecule has 0 amide bonds. The third-order valence-electron chi connectivity index (χ3n) is 3.25. The summed E-state index contributed by atoms with van der Waals surface area (Å²) in [5.41, 5.74) is 3.13. The molecule has 0 spiro atoms. The average Bonchev–Trinajstić information content (AvgIpc) is 2.43. The molecule has 0 saturated heterocycles. The van der Waals surface area contributed by atoms with Crippen LogP contribution in [0.2, 0.25) is 0 Å². The molecule has 2 aromatic carbocycles. The van der Waals surface area contributed by atoms with Crippen LogP contribution in [0.4, 0.5) is 0 Å². The molecule has 1 aromatic heterocycles. The van der Waals surface area contributed by atoms with Crippen LogP contribution in [-0.2, 0) is 6.54 Å². The number of aromatic nitrogens is 2. The van der Waals surface area contributed by atoms with Gasteiger partial charge < -0.3 is 0 Å². The van der Waals surface area contributed by atoms with Gasteiger partial charge in [-0.05, 0) is 24.1 Å². The van der Waals surface area contributed by atoms with Gasteiger partial charge in [-0.25, -0.2) is 0 Å². The van der Waals surface area contributed by atoms with Gasteiger partial charge in [0.1, 0.15) is 0 Å². The molecule has 3 nitrogen and oxygen atoms in total. The van der Waals surface area contributed by atoms with Crippen LogP contribution in [0.1, 0.15) is 11.1 Å². The van der Waals surface area contributed by atoms with Gasteiger partial charge >= 0.3 is 0 Å². The van der Waals surface area contributed by atoms with Crippen LogP contribution < -0.4 is 5.43 Å². The lowest BCUT2D eigenvalue weighted by atomic mass is 10.1. The number of aryl methyl sites for hydroxylation is 1. The first kappa shape index (κ1) is 11.7. The molecular formula is C16H14N2O. The average molecular weight is 250 g/mol. The second-order valence-electron chi connectivity index (χ2n) is 4.62. The van der Waals surface area contributed by atoms with Crippen LogP contribution in [0.3, 0.4) is 0 Å². The topological polar surface area (TPSA) is 34.9 Å². The summed E-state index contributed by atoms with van der Waals surface area (Å²) in [6.07, 6.45) is 1.39. The molecule has 0 radical (unpaired) electrons. The zero-order valence-corrected chi connectivity index (χ0v) is 10.7. The molecule has 0 aliphatic carbocycles. The van der Waals surface area contributed by atoms with E-state index in [0.29, 0.717) is 6.54 Å². The Kier molecular flexibility index (Phi) is 2.88. The Morgan fingerprint density at radius 1 is 1.05 bits per heavy atom. The third-order valence-corrected chi connectivity index (χ3v) is 3.25. The minimum Gasteiger partial charge on any atom is -0.287 e. The molecule has 0 aliphatic rings. The zero-order chi connectivity index (χ0) is 13.2. The molecular weight excluding hydrogens is 236 g/mol. The minimum absolute atomic E-state index is 0.0250. The maximum atomic E-state index is 11.9. The molecule has 94 valence electrons. The number of nitrogens with zero attached hydrogens (tertiary/aromatic N) is 2. The van der Waals surface area contributed by atoms with Crippen molar-refractivity contribution in [3.05, 3.63) is 76.1 Å². The first-order valence-corrected chi connectivity index (χ1v) is 6.25. The number of hydrogen-bond acceptors (Lipinski definition) is 2. The number of fused-ring (bicyclic) bond motifs is 1. The Hall–Kier alpha value is -2.42. The summed E-state index contributed by atoms with van der Waals surface area (Å²) in [5, 5.41) is 4.99. The predicted molar refractivity (Wildman–Crippen MR) is 76.3 cm³/mol. The summed E-state index contributed by atoms with van der Waals surface area (Å²) in [4.78, 5) is 11.9. The molecule has 0 saturated carbocycles. The Morgan fingerprint density at radius 2 is 1.84 bits per heavy atom. The smallest absolute Gasteiger partial charge is 0.207 e. The highest BCUT2D eigenvalue weighted by Crippen LogP contribution is 2.15. The molecule has 0 bridgehead atoms. The summed E-state index contributed by atoms with van der Waals surface area (Å²) in [6, 6.07) is 15.9. The highest BCUT2D eigenvalue weighted by Gasteiger charge is 2.06. The van der Waals surface area contributed by atoms with Crippen LogP contribution in [0, 0.1) is 6.92 Å². The van der Waals surface area contributed by atoms with Crippen LogP contribution in [-0.4, -0.2) is 9.78 Å². The number of para-hydroxylation sites is 1. The quantitative estimate of drug-likeness (QED) is 0.701. The van der Waals surface area contributed by atoms with Crippen molar-refractivity contribution in [3.63, 3.8) is 0 Å². The van der Waals surface area contributed by atoms with E-state index in [9.17, 15) is 4.79 Å². The molecule has 3 rings (SSSR count). The van der Waals surface area contributed by atoms with E-state index in [-0.39, 0.29) is 5.43 Å². The molecule has 0 aliphatic heterocycles. The van der Waals surface area contributed by atoms with Crippen LogP contribution in [0.15, 0.2) is 59.5 Å². The van der Waals surface area contributed by atoms with E-state index in [1.165, 1.54) is 11.8 Å².